The number of benzene rings is 2. The van der Waals surface area contributed by atoms with Crippen LogP contribution in [0.15, 0.2) is 54.7 Å². The fraction of sp³-hybridized carbons (Fsp3) is 0.190. The van der Waals surface area contributed by atoms with Crippen LogP contribution in [0.25, 0.3) is 16.6 Å². The van der Waals surface area contributed by atoms with Crippen LogP contribution in [0, 0.1) is 26.9 Å². The molecule has 2 aromatic carbocycles. The Kier molecular flexibility index (Phi) is 12.6. The van der Waals surface area contributed by atoms with E-state index in [1.54, 1.807) is 0 Å². The molecule has 0 amide bonds. The van der Waals surface area contributed by atoms with Crippen LogP contribution in [-0.4, -0.2) is 17.8 Å². The van der Waals surface area contributed by atoms with Crippen molar-refractivity contribution in [1.82, 2.24) is 4.57 Å². The van der Waals surface area contributed by atoms with E-state index < -0.39 is 0 Å². The van der Waals surface area contributed by atoms with Gasteiger partial charge < -0.3 is 14.0 Å². The van der Waals surface area contributed by atoms with Gasteiger partial charge in [0.1, 0.15) is 0 Å². The molecule has 6 nitrogen and oxygen atoms in total. The van der Waals surface area contributed by atoms with Crippen molar-refractivity contribution in [2.24, 2.45) is 0 Å². The number of nitrogens with zero attached hydrogens (tertiary/aromatic N) is 1. The Balaban J connectivity index is 0.000000957. The van der Waals surface area contributed by atoms with Crippen LogP contribution in [0.2, 0.25) is 0 Å². The molecule has 3 aromatic rings. The summed E-state index contributed by atoms with van der Waals surface area (Å²) in [7, 11) is 0. The van der Waals surface area contributed by atoms with E-state index in [4.69, 9.17) is 23.4 Å². The molecule has 1 aliphatic heterocycles. The summed E-state index contributed by atoms with van der Waals surface area (Å²) >= 11 is 0. The van der Waals surface area contributed by atoms with E-state index in [1.807, 2.05) is 0 Å². The van der Waals surface area contributed by atoms with Crippen LogP contribution in [0.1, 0.15) is 17.4 Å². The van der Waals surface area contributed by atoms with Crippen LogP contribution in [0.3, 0.4) is 0 Å². The van der Waals surface area contributed by atoms with Gasteiger partial charge in [-0.25, -0.2) is 0 Å². The van der Waals surface area contributed by atoms with Gasteiger partial charge in [0, 0.05) is 29.1 Å². The number of hydrogen-bond acceptors (Lipinski definition) is 2. The molecular formula is C21H17CrNO5. The summed E-state index contributed by atoms with van der Waals surface area (Å²) in [6.45, 7) is 16.9. The Bertz CT molecular complexity index is 909. The summed E-state index contributed by atoms with van der Waals surface area (Å²) in [6.07, 6.45) is 1.85. The second-order valence-corrected chi connectivity index (χ2v) is 5.33. The van der Waals surface area contributed by atoms with Gasteiger partial charge in [-0.3, -0.25) is 0 Å². The number of para-hydroxylation sites is 2. The average Bonchev–Trinajstić information content (AvgIpc) is 3.43. The van der Waals surface area contributed by atoms with Crippen molar-refractivity contribution in [3.8, 4) is 5.69 Å². The molecule has 0 spiro atoms. The Morgan fingerprint density at radius 3 is 2.11 bits per heavy atom. The molecule has 142 valence electrons. The van der Waals surface area contributed by atoms with Gasteiger partial charge in [-0.1, -0.05) is 36.4 Å². The first-order chi connectivity index (χ1) is 13.3. The first kappa shape index (κ1) is 25.7. The zero-order valence-electron chi connectivity index (χ0n) is 15.1. The summed E-state index contributed by atoms with van der Waals surface area (Å²) in [4.78, 5) is 0. The normalized spacial score (nSPS) is 12.1. The molecule has 0 aliphatic carbocycles. The molecule has 0 atom stereocenters. The summed E-state index contributed by atoms with van der Waals surface area (Å²) < 4.78 is 36.1. The molecule has 0 N–H and O–H groups in total. The number of ether oxygens (including phenoxy) is 2. The van der Waals surface area contributed by atoms with Crippen molar-refractivity contribution in [2.45, 2.75) is 13.2 Å². The largest absolute Gasteiger partial charge is 0 e. The molecule has 7 heteroatoms. The monoisotopic (exact) mass is 415 g/mol. The van der Waals surface area contributed by atoms with Crippen molar-refractivity contribution >= 4 is 10.9 Å². The fourth-order valence-electron chi connectivity index (χ4n) is 3.02. The van der Waals surface area contributed by atoms with Gasteiger partial charge in [-0.05, 0) is 30.0 Å². The van der Waals surface area contributed by atoms with Gasteiger partial charge in [0.2, 0.25) is 0 Å². The minimum Gasteiger partial charge on any atom is 0 e. The van der Waals surface area contributed by atoms with Crippen LogP contribution in [0.5, 0.6) is 0 Å². The standard InChI is InChI=1S/C18H17NO2.3CO.Cr/c1-13-5-4-7-15(18-20-11-12-21-18)17(13)19-10-9-14-6-2-3-8-16(14)19;3*1-2;/h2-10,18H,11-12H2,1H3;;;;. The average molecular weight is 415 g/mol. The molecule has 0 unspecified atom stereocenters. The van der Waals surface area contributed by atoms with Crippen molar-refractivity contribution in [1.29, 1.82) is 0 Å². The van der Waals surface area contributed by atoms with Crippen LogP contribution in [-0.2, 0) is 40.8 Å². The first-order valence-corrected chi connectivity index (χ1v) is 7.85. The summed E-state index contributed by atoms with van der Waals surface area (Å²) in [5.74, 6) is 0. The maximum Gasteiger partial charge on any atom is 0 e. The maximum atomic E-state index is 7.50. The molecule has 1 fully saturated rings. The zero-order valence-corrected chi connectivity index (χ0v) is 16.4. The van der Waals surface area contributed by atoms with Crippen molar-refractivity contribution in [2.75, 3.05) is 13.2 Å². The fourth-order valence-corrected chi connectivity index (χ4v) is 3.02. The van der Waals surface area contributed by atoms with Gasteiger partial charge in [0.05, 0.1) is 24.4 Å². The van der Waals surface area contributed by atoms with Gasteiger partial charge in [-0.15, -0.1) is 0 Å². The van der Waals surface area contributed by atoms with Crippen LogP contribution >= 0.6 is 0 Å². The second kappa shape index (κ2) is 13.8. The number of aromatic nitrogens is 1. The topological polar surface area (TPSA) is 83.1 Å². The smallest absolute Gasteiger partial charge is 0 e. The van der Waals surface area contributed by atoms with Gasteiger partial charge in [0.15, 0.2) is 6.29 Å². The van der Waals surface area contributed by atoms with E-state index in [0.717, 1.165) is 11.3 Å². The molecule has 1 aliphatic rings. The van der Waals surface area contributed by atoms with E-state index in [1.165, 1.54) is 16.5 Å². The molecule has 0 saturated carbocycles. The summed E-state index contributed by atoms with van der Waals surface area (Å²) in [6, 6.07) is 16.8. The van der Waals surface area contributed by atoms with Crippen LogP contribution in [0.4, 0.5) is 0 Å². The first-order valence-electron chi connectivity index (χ1n) is 7.85. The predicted octanol–water partition coefficient (Wildman–Crippen LogP) is 3.87. The van der Waals surface area contributed by atoms with Crippen LogP contribution < -0.4 is 0 Å². The third-order valence-electron chi connectivity index (χ3n) is 3.99. The molecule has 4 rings (SSSR count). The molecule has 0 bridgehead atoms. The zero-order chi connectivity index (χ0) is 20.2. The SMILES string of the molecule is Cc1cccc(C2OCCO2)c1-n1ccc2ccccc21.[C-]#[O+].[C-]#[O+].[C-]#[O+].[Cr]. The van der Waals surface area contributed by atoms with Gasteiger partial charge in [0.25, 0.3) is 0 Å². The van der Waals surface area contributed by atoms with E-state index in [-0.39, 0.29) is 23.7 Å². The van der Waals surface area contributed by atoms with Crippen molar-refractivity contribution in [3.05, 3.63) is 85.8 Å². The maximum absolute atomic E-state index is 7.50. The molecule has 2 heterocycles. The molecular weight excluding hydrogens is 398 g/mol. The van der Waals surface area contributed by atoms with Crippen molar-refractivity contribution < 1.29 is 40.8 Å². The van der Waals surface area contributed by atoms with Gasteiger partial charge in [-0.2, -0.15) is 0 Å². The molecule has 1 saturated heterocycles. The third-order valence-corrected chi connectivity index (χ3v) is 3.99. The van der Waals surface area contributed by atoms with E-state index >= 15 is 0 Å². The predicted molar refractivity (Wildman–Crippen MR) is 94.4 cm³/mol. The Hall–Kier alpha value is -2.35. The minimum atomic E-state index is -0.263. The molecule has 28 heavy (non-hydrogen) atoms. The number of hydrogen-bond donors (Lipinski definition) is 0. The van der Waals surface area contributed by atoms with Crippen molar-refractivity contribution in [3.63, 3.8) is 0 Å². The van der Waals surface area contributed by atoms with Gasteiger partial charge >= 0.3 is 33.9 Å². The third kappa shape index (κ3) is 5.58. The van der Waals surface area contributed by atoms with E-state index in [2.05, 4.69) is 86.2 Å². The number of fused-ring (bicyclic) bond motifs is 1. The Morgan fingerprint density at radius 1 is 0.857 bits per heavy atom. The van der Waals surface area contributed by atoms with E-state index in [9.17, 15) is 0 Å². The molecule has 1 aromatic heterocycles. The number of aryl methyl sites for hydroxylation is 1. The second-order valence-electron chi connectivity index (χ2n) is 5.33. The Labute approximate surface area is 174 Å². The quantitative estimate of drug-likeness (QED) is 0.470. The summed E-state index contributed by atoms with van der Waals surface area (Å²) in [5.41, 5.74) is 4.67. The minimum absolute atomic E-state index is 0. The Morgan fingerprint density at radius 2 is 1.46 bits per heavy atom. The molecule has 0 radical (unpaired) electrons. The number of rotatable bonds is 2. The summed E-state index contributed by atoms with van der Waals surface area (Å²) in [5, 5.41) is 1.24. The van der Waals surface area contributed by atoms with E-state index in [0.29, 0.717) is 13.2 Å².